The van der Waals surface area contributed by atoms with Gasteiger partial charge < -0.3 is 15.0 Å². The Balaban J connectivity index is 1.98. The number of rotatable bonds is 2. The highest BCUT2D eigenvalue weighted by molar-refractivity contribution is 6.05. The number of H-pyrrole nitrogens is 1. The maximum absolute atomic E-state index is 12.8. The molecule has 2 atom stereocenters. The fourth-order valence-electron chi connectivity index (χ4n) is 3.22. The van der Waals surface area contributed by atoms with Crippen LogP contribution < -0.4 is 5.56 Å². The van der Waals surface area contributed by atoms with E-state index in [1.54, 1.807) is 23.1 Å². The number of carboxylic acids is 1. The van der Waals surface area contributed by atoms with Gasteiger partial charge in [0, 0.05) is 19.2 Å². The topological polar surface area (TPSA) is 90.5 Å². The van der Waals surface area contributed by atoms with Crippen molar-refractivity contribution in [3.05, 3.63) is 46.2 Å². The molecular weight excluding hydrogens is 296 g/mol. The van der Waals surface area contributed by atoms with Crippen molar-refractivity contribution in [1.29, 1.82) is 0 Å². The number of aliphatic carboxylic acids is 1. The number of hydrogen-bond acceptors (Lipinski definition) is 3. The monoisotopic (exact) mass is 314 g/mol. The van der Waals surface area contributed by atoms with E-state index in [1.807, 2.05) is 13.0 Å². The molecule has 6 heteroatoms. The fraction of sp³-hybridized carbons (Fsp3) is 0.353. The lowest BCUT2D eigenvalue weighted by Crippen LogP contribution is -2.45. The predicted molar refractivity (Wildman–Crippen MR) is 85.4 cm³/mol. The maximum atomic E-state index is 12.8. The number of hydrogen-bond donors (Lipinski definition) is 2. The van der Waals surface area contributed by atoms with Crippen LogP contribution in [0.4, 0.5) is 0 Å². The summed E-state index contributed by atoms with van der Waals surface area (Å²) in [7, 11) is 0. The first-order chi connectivity index (χ1) is 11.0. The van der Waals surface area contributed by atoms with Crippen molar-refractivity contribution in [1.82, 2.24) is 9.88 Å². The van der Waals surface area contributed by atoms with Crippen LogP contribution in [0.1, 0.15) is 23.7 Å². The molecule has 120 valence electrons. The van der Waals surface area contributed by atoms with Crippen molar-refractivity contribution < 1.29 is 14.7 Å². The van der Waals surface area contributed by atoms with Crippen molar-refractivity contribution in [3.63, 3.8) is 0 Å². The number of nitrogens with one attached hydrogen (secondary N) is 1. The van der Waals surface area contributed by atoms with Crippen LogP contribution in [0.3, 0.4) is 0 Å². The number of amides is 1. The number of piperidine rings is 1. The van der Waals surface area contributed by atoms with Gasteiger partial charge in [-0.1, -0.05) is 19.1 Å². The first kappa shape index (κ1) is 15.3. The predicted octanol–water partition coefficient (Wildman–Crippen LogP) is 1.71. The molecule has 3 rings (SSSR count). The number of aromatic nitrogens is 1. The number of carbonyl (C=O) groups is 2. The molecule has 1 fully saturated rings. The number of carboxylic acid groups (broad SMARTS) is 1. The molecule has 1 aliphatic rings. The third-order valence-electron chi connectivity index (χ3n) is 4.29. The van der Waals surface area contributed by atoms with Crippen molar-refractivity contribution in [2.45, 2.75) is 13.3 Å². The van der Waals surface area contributed by atoms with Crippen LogP contribution in [0.5, 0.6) is 0 Å². The minimum absolute atomic E-state index is 0.128. The zero-order chi connectivity index (χ0) is 16.6. The third kappa shape index (κ3) is 2.97. The van der Waals surface area contributed by atoms with Crippen LogP contribution >= 0.6 is 0 Å². The molecule has 1 saturated heterocycles. The summed E-state index contributed by atoms with van der Waals surface area (Å²) in [6.07, 6.45) is 0.575. The molecule has 23 heavy (non-hydrogen) atoms. The smallest absolute Gasteiger partial charge is 0.308 e. The number of aromatic amines is 1. The van der Waals surface area contributed by atoms with Crippen LogP contribution in [0, 0.1) is 11.8 Å². The fourth-order valence-corrected chi connectivity index (χ4v) is 3.22. The summed E-state index contributed by atoms with van der Waals surface area (Å²) >= 11 is 0. The molecule has 0 spiro atoms. The molecule has 1 aromatic carbocycles. The number of benzene rings is 1. The van der Waals surface area contributed by atoms with E-state index in [2.05, 4.69) is 4.98 Å². The van der Waals surface area contributed by atoms with Crippen molar-refractivity contribution >= 4 is 22.8 Å². The molecule has 2 unspecified atom stereocenters. The Bertz CT molecular complexity index is 827. The highest BCUT2D eigenvalue weighted by Crippen LogP contribution is 2.25. The first-order valence-electron chi connectivity index (χ1n) is 7.60. The molecule has 0 bridgehead atoms. The number of para-hydroxylation sites is 1. The molecule has 0 saturated carbocycles. The van der Waals surface area contributed by atoms with Gasteiger partial charge in [-0.05, 0) is 29.9 Å². The number of carbonyl (C=O) groups excluding carboxylic acids is 1. The van der Waals surface area contributed by atoms with Gasteiger partial charge in [-0.2, -0.15) is 0 Å². The molecular formula is C17H18N2O4. The van der Waals surface area contributed by atoms with E-state index in [4.69, 9.17) is 0 Å². The van der Waals surface area contributed by atoms with E-state index in [1.165, 1.54) is 6.07 Å². The van der Waals surface area contributed by atoms with Gasteiger partial charge in [-0.15, -0.1) is 0 Å². The summed E-state index contributed by atoms with van der Waals surface area (Å²) in [6, 6.07) is 8.33. The van der Waals surface area contributed by atoms with E-state index in [-0.39, 0.29) is 23.9 Å². The molecule has 2 aromatic rings. The first-order valence-corrected chi connectivity index (χ1v) is 7.60. The Morgan fingerprint density at radius 3 is 2.74 bits per heavy atom. The van der Waals surface area contributed by atoms with Crippen molar-refractivity contribution in [3.8, 4) is 0 Å². The van der Waals surface area contributed by atoms with Gasteiger partial charge >= 0.3 is 5.97 Å². The largest absolute Gasteiger partial charge is 0.481 e. The van der Waals surface area contributed by atoms with Gasteiger partial charge in [-0.25, -0.2) is 0 Å². The Kier molecular flexibility index (Phi) is 3.90. The second-order valence-corrected chi connectivity index (χ2v) is 6.18. The zero-order valence-corrected chi connectivity index (χ0v) is 12.8. The minimum Gasteiger partial charge on any atom is -0.481 e. The van der Waals surface area contributed by atoms with Gasteiger partial charge in [0.1, 0.15) is 0 Å². The SMILES string of the molecule is CC1CC(C(=O)O)CN(C(=O)c2cccc3ccc(=O)[nH]c23)C1. The molecule has 2 N–H and O–H groups in total. The lowest BCUT2D eigenvalue weighted by molar-refractivity contribution is -0.143. The average molecular weight is 314 g/mol. The van der Waals surface area contributed by atoms with Crippen LogP contribution in [-0.2, 0) is 4.79 Å². The molecule has 1 aromatic heterocycles. The van der Waals surface area contributed by atoms with Gasteiger partial charge in [0.25, 0.3) is 5.91 Å². The summed E-state index contributed by atoms with van der Waals surface area (Å²) in [5.41, 5.74) is 0.627. The Labute approximate surface area is 132 Å². The minimum atomic E-state index is -0.874. The second-order valence-electron chi connectivity index (χ2n) is 6.18. The number of fused-ring (bicyclic) bond motifs is 1. The second kappa shape index (κ2) is 5.87. The number of likely N-dealkylation sites (tertiary alicyclic amines) is 1. The molecule has 6 nitrogen and oxygen atoms in total. The molecule has 1 amide bonds. The highest BCUT2D eigenvalue weighted by atomic mass is 16.4. The van der Waals surface area contributed by atoms with Crippen molar-refractivity contribution in [2.75, 3.05) is 13.1 Å². The van der Waals surface area contributed by atoms with Crippen LogP contribution in [0.2, 0.25) is 0 Å². The van der Waals surface area contributed by atoms with Crippen molar-refractivity contribution in [2.24, 2.45) is 11.8 Å². The van der Waals surface area contributed by atoms with Gasteiger partial charge in [0.15, 0.2) is 0 Å². The summed E-state index contributed by atoms with van der Waals surface area (Å²) < 4.78 is 0. The third-order valence-corrected chi connectivity index (χ3v) is 4.29. The van der Waals surface area contributed by atoms with E-state index in [0.29, 0.717) is 24.0 Å². The summed E-state index contributed by atoms with van der Waals surface area (Å²) in [5, 5.41) is 10.0. The number of nitrogens with zero attached hydrogens (tertiary/aromatic N) is 1. The average Bonchev–Trinajstić information content (AvgIpc) is 2.53. The number of pyridine rings is 1. The summed E-state index contributed by atoms with van der Waals surface area (Å²) in [5.74, 6) is -1.53. The van der Waals surface area contributed by atoms with Gasteiger partial charge in [0.2, 0.25) is 5.56 Å². The highest BCUT2D eigenvalue weighted by Gasteiger charge is 2.32. The van der Waals surface area contributed by atoms with Crippen LogP contribution in [0.15, 0.2) is 35.1 Å². The Morgan fingerprint density at radius 1 is 1.22 bits per heavy atom. The van der Waals surface area contributed by atoms with Gasteiger partial charge in [-0.3, -0.25) is 14.4 Å². The quantitative estimate of drug-likeness (QED) is 0.883. The lowest BCUT2D eigenvalue weighted by Gasteiger charge is -2.34. The normalized spacial score (nSPS) is 21.3. The van der Waals surface area contributed by atoms with Crippen LogP contribution in [-0.4, -0.2) is 40.0 Å². The lowest BCUT2D eigenvalue weighted by atomic mass is 9.90. The van der Waals surface area contributed by atoms with Gasteiger partial charge in [0.05, 0.1) is 17.0 Å². The summed E-state index contributed by atoms with van der Waals surface area (Å²) in [6.45, 7) is 2.67. The standard InChI is InChI=1S/C17H18N2O4/c1-10-7-12(17(22)23)9-19(8-10)16(21)13-4-2-3-11-5-6-14(20)18-15(11)13/h2-6,10,12H,7-9H2,1H3,(H,18,20)(H,22,23). The molecule has 1 aliphatic heterocycles. The zero-order valence-electron chi connectivity index (χ0n) is 12.8. The van der Waals surface area contributed by atoms with Crippen LogP contribution in [0.25, 0.3) is 10.9 Å². The van der Waals surface area contributed by atoms with E-state index in [9.17, 15) is 19.5 Å². The maximum Gasteiger partial charge on any atom is 0.308 e. The van der Waals surface area contributed by atoms with E-state index >= 15 is 0 Å². The molecule has 0 radical (unpaired) electrons. The van der Waals surface area contributed by atoms with E-state index < -0.39 is 11.9 Å². The Morgan fingerprint density at radius 2 is 2.00 bits per heavy atom. The van der Waals surface area contributed by atoms with E-state index in [0.717, 1.165) is 5.39 Å². The Hall–Kier alpha value is -2.63. The summed E-state index contributed by atoms with van der Waals surface area (Å²) in [4.78, 5) is 40.0. The molecule has 0 aliphatic carbocycles. The molecule has 2 heterocycles.